The molecule has 0 aliphatic carbocycles. The molecule has 0 bridgehead atoms. The van der Waals surface area contributed by atoms with Crippen LogP contribution in [0.3, 0.4) is 0 Å². The molecule has 1 amide bonds. The Kier molecular flexibility index (Phi) is 5.80. The van der Waals surface area contributed by atoms with Crippen molar-refractivity contribution in [2.24, 2.45) is 0 Å². The van der Waals surface area contributed by atoms with Crippen LogP contribution in [0.5, 0.6) is 0 Å². The number of nitrogens with zero attached hydrogens (tertiary/aromatic N) is 2. The van der Waals surface area contributed by atoms with E-state index < -0.39 is 5.97 Å². The number of hydrogen-bond acceptors (Lipinski definition) is 5. The van der Waals surface area contributed by atoms with Gasteiger partial charge < -0.3 is 15.7 Å². The fourth-order valence-corrected chi connectivity index (χ4v) is 3.01. The maximum Gasteiger partial charge on any atom is 0.317 e. The van der Waals surface area contributed by atoms with E-state index in [0.717, 1.165) is 23.4 Å². The number of carboxylic acid groups (broad SMARTS) is 1. The highest BCUT2D eigenvalue weighted by Gasteiger charge is 2.19. The minimum Gasteiger partial charge on any atom is -0.480 e. The molecule has 3 rings (SSSR count). The number of hydrogen-bond donors (Lipinski definition) is 3. The summed E-state index contributed by atoms with van der Waals surface area (Å²) in [7, 11) is 0. The third-order valence-electron chi connectivity index (χ3n) is 4.30. The summed E-state index contributed by atoms with van der Waals surface area (Å²) in [5.74, 6) is -0.145. The molecule has 0 fully saturated rings. The molecule has 0 unspecified atom stereocenters. The average molecular weight is 354 g/mol. The highest BCUT2D eigenvalue weighted by Crippen LogP contribution is 2.20. The molecule has 2 aromatic rings. The van der Waals surface area contributed by atoms with Crippen molar-refractivity contribution in [3.05, 3.63) is 59.3 Å². The summed E-state index contributed by atoms with van der Waals surface area (Å²) < 4.78 is 0. The van der Waals surface area contributed by atoms with Crippen molar-refractivity contribution in [3.8, 4) is 0 Å². The minimum atomic E-state index is -0.816. The van der Waals surface area contributed by atoms with Crippen LogP contribution >= 0.6 is 0 Å². The lowest BCUT2D eigenvalue weighted by Crippen LogP contribution is -2.35. The minimum absolute atomic E-state index is 0.0466. The molecule has 0 atom stereocenters. The molecule has 2 heterocycles. The van der Waals surface area contributed by atoms with E-state index in [9.17, 15) is 9.59 Å². The number of fused-ring (bicyclic) bond motifs is 1. The van der Waals surface area contributed by atoms with E-state index in [1.165, 1.54) is 0 Å². The Bertz CT molecular complexity index is 780. The SMILES string of the molecule is O=C(O)CN1CCc2cc(C(=O)NCCNc3ccccn3)ccc2C1. The Morgan fingerprint density at radius 2 is 2.04 bits per heavy atom. The van der Waals surface area contributed by atoms with Crippen LogP contribution < -0.4 is 10.6 Å². The molecule has 7 heteroatoms. The number of aliphatic carboxylic acids is 1. The molecule has 136 valence electrons. The van der Waals surface area contributed by atoms with Gasteiger partial charge in [0.25, 0.3) is 5.91 Å². The number of pyridine rings is 1. The molecular formula is C19H22N4O3. The monoisotopic (exact) mass is 354 g/mol. The number of amides is 1. The first-order chi connectivity index (χ1) is 12.6. The Hall–Kier alpha value is -2.93. The predicted octanol–water partition coefficient (Wildman–Crippen LogP) is 1.37. The number of aromatic nitrogens is 1. The third kappa shape index (κ3) is 4.80. The van der Waals surface area contributed by atoms with Crippen LogP contribution in [0, 0.1) is 0 Å². The highest BCUT2D eigenvalue weighted by molar-refractivity contribution is 5.94. The van der Waals surface area contributed by atoms with E-state index in [4.69, 9.17) is 5.11 Å². The lowest BCUT2D eigenvalue weighted by atomic mass is 9.97. The van der Waals surface area contributed by atoms with E-state index >= 15 is 0 Å². The summed E-state index contributed by atoms with van der Waals surface area (Å²) in [5.41, 5.74) is 2.84. The van der Waals surface area contributed by atoms with E-state index in [-0.39, 0.29) is 12.5 Å². The van der Waals surface area contributed by atoms with Crippen molar-refractivity contribution in [2.75, 3.05) is 31.5 Å². The topological polar surface area (TPSA) is 94.6 Å². The van der Waals surface area contributed by atoms with E-state index in [0.29, 0.717) is 31.7 Å². The van der Waals surface area contributed by atoms with Crippen LogP contribution in [0.25, 0.3) is 0 Å². The Balaban J connectivity index is 1.50. The van der Waals surface area contributed by atoms with E-state index in [1.54, 1.807) is 12.3 Å². The Morgan fingerprint density at radius 1 is 1.15 bits per heavy atom. The zero-order chi connectivity index (χ0) is 18.4. The molecule has 0 radical (unpaired) electrons. The number of benzene rings is 1. The van der Waals surface area contributed by atoms with Crippen LogP contribution in [0.4, 0.5) is 5.82 Å². The van der Waals surface area contributed by atoms with Crippen LogP contribution in [-0.2, 0) is 17.8 Å². The number of rotatable bonds is 7. The molecule has 1 aliphatic rings. The van der Waals surface area contributed by atoms with Gasteiger partial charge in [0.2, 0.25) is 0 Å². The van der Waals surface area contributed by atoms with Gasteiger partial charge in [0.05, 0.1) is 6.54 Å². The van der Waals surface area contributed by atoms with Crippen molar-refractivity contribution < 1.29 is 14.7 Å². The molecule has 7 nitrogen and oxygen atoms in total. The second-order valence-electron chi connectivity index (χ2n) is 6.24. The van der Waals surface area contributed by atoms with Gasteiger partial charge in [-0.05, 0) is 41.8 Å². The van der Waals surface area contributed by atoms with Gasteiger partial charge in [0.1, 0.15) is 5.82 Å². The second kappa shape index (κ2) is 8.44. The van der Waals surface area contributed by atoms with Crippen molar-refractivity contribution in [3.63, 3.8) is 0 Å². The first-order valence-electron chi connectivity index (χ1n) is 8.61. The average Bonchev–Trinajstić information content (AvgIpc) is 2.65. The molecule has 0 saturated carbocycles. The summed E-state index contributed by atoms with van der Waals surface area (Å²) in [5, 5.41) is 14.9. The molecule has 3 N–H and O–H groups in total. The fraction of sp³-hybridized carbons (Fsp3) is 0.316. The van der Waals surface area contributed by atoms with Crippen LogP contribution in [0.15, 0.2) is 42.6 Å². The lowest BCUT2D eigenvalue weighted by Gasteiger charge is -2.27. The number of carbonyl (C=O) groups excluding carboxylic acids is 1. The summed E-state index contributed by atoms with van der Waals surface area (Å²) in [6, 6.07) is 11.3. The number of anilines is 1. The first kappa shape index (κ1) is 17.9. The molecule has 1 aliphatic heterocycles. The highest BCUT2D eigenvalue weighted by atomic mass is 16.4. The smallest absolute Gasteiger partial charge is 0.317 e. The third-order valence-corrected chi connectivity index (χ3v) is 4.30. The first-order valence-corrected chi connectivity index (χ1v) is 8.61. The molecule has 0 saturated heterocycles. The summed E-state index contributed by atoms with van der Waals surface area (Å²) in [6.45, 7) is 2.44. The second-order valence-corrected chi connectivity index (χ2v) is 6.24. The van der Waals surface area contributed by atoms with Gasteiger partial charge in [0, 0.05) is 37.9 Å². The number of carbonyl (C=O) groups is 2. The largest absolute Gasteiger partial charge is 0.480 e. The van der Waals surface area contributed by atoms with Gasteiger partial charge in [-0.15, -0.1) is 0 Å². The summed E-state index contributed by atoms with van der Waals surface area (Å²) >= 11 is 0. The van der Waals surface area contributed by atoms with Crippen molar-refractivity contribution in [1.82, 2.24) is 15.2 Å². The molecule has 1 aromatic carbocycles. The van der Waals surface area contributed by atoms with Crippen molar-refractivity contribution >= 4 is 17.7 Å². The maximum atomic E-state index is 12.3. The summed E-state index contributed by atoms with van der Waals surface area (Å²) in [6.07, 6.45) is 2.47. The van der Waals surface area contributed by atoms with Crippen molar-refractivity contribution in [1.29, 1.82) is 0 Å². The Morgan fingerprint density at radius 3 is 2.81 bits per heavy atom. The number of nitrogens with one attached hydrogen (secondary N) is 2. The van der Waals surface area contributed by atoms with Gasteiger partial charge in [-0.25, -0.2) is 4.98 Å². The number of carboxylic acids is 1. The van der Waals surface area contributed by atoms with Crippen LogP contribution in [0.2, 0.25) is 0 Å². The Labute approximate surface area is 152 Å². The molecule has 1 aromatic heterocycles. The maximum absolute atomic E-state index is 12.3. The lowest BCUT2D eigenvalue weighted by molar-refractivity contribution is -0.138. The fourth-order valence-electron chi connectivity index (χ4n) is 3.01. The zero-order valence-corrected chi connectivity index (χ0v) is 14.4. The van der Waals surface area contributed by atoms with Gasteiger partial charge in [-0.2, -0.15) is 0 Å². The van der Waals surface area contributed by atoms with E-state index in [2.05, 4.69) is 15.6 Å². The molecule has 26 heavy (non-hydrogen) atoms. The predicted molar refractivity (Wildman–Crippen MR) is 98.1 cm³/mol. The summed E-state index contributed by atoms with van der Waals surface area (Å²) in [4.78, 5) is 29.2. The van der Waals surface area contributed by atoms with Crippen LogP contribution in [-0.4, -0.2) is 53.0 Å². The normalized spacial score (nSPS) is 13.7. The van der Waals surface area contributed by atoms with Crippen LogP contribution in [0.1, 0.15) is 21.5 Å². The quantitative estimate of drug-likeness (QED) is 0.650. The standard InChI is InChI=1S/C19H22N4O3/c24-18(25)13-23-10-6-14-11-15(4-5-16(14)12-23)19(26)22-9-8-21-17-3-1-2-7-20-17/h1-5,7,11H,6,8-10,12-13H2,(H,20,21)(H,22,26)(H,24,25). The zero-order valence-electron chi connectivity index (χ0n) is 14.4. The van der Waals surface area contributed by atoms with Gasteiger partial charge in [-0.3, -0.25) is 14.5 Å². The van der Waals surface area contributed by atoms with Gasteiger partial charge in [0.15, 0.2) is 0 Å². The van der Waals surface area contributed by atoms with Gasteiger partial charge in [-0.1, -0.05) is 12.1 Å². The van der Waals surface area contributed by atoms with E-state index in [1.807, 2.05) is 35.2 Å². The molecular weight excluding hydrogens is 332 g/mol. The van der Waals surface area contributed by atoms with Gasteiger partial charge >= 0.3 is 5.97 Å². The molecule has 0 spiro atoms. The van der Waals surface area contributed by atoms with Crippen molar-refractivity contribution in [2.45, 2.75) is 13.0 Å².